The average Bonchev–Trinajstić information content (AvgIpc) is 3.23. The van der Waals surface area contributed by atoms with Crippen molar-refractivity contribution < 1.29 is 26.4 Å². The Bertz CT molecular complexity index is 1190. The summed E-state index contributed by atoms with van der Waals surface area (Å²) in [6, 6.07) is 13.0. The van der Waals surface area contributed by atoms with Crippen LogP contribution < -0.4 is 5.32 Å². The molecule has 0 saturated carbocycles. The summed E-state index contributed by atoms with van der Waals surface area (Å²) in [5, 5.41) is 6.14. The van der Waals surface area contributed by atoms with Gasteiger partial charge >= 0.3 is 6.18 Å². The van der Waals surface area contributed by atoms with Crippen LogP contribution in [-0.4, -0.2) is 42.5 Å². The minimum Gasteiger partial charge on any atom is -0.348 e. The first-order valence-electron chi connectivity index (χ1n) is 9.02. The Hall–Kier alpha value is -3.18. The Balaban J connectivity index is 1.72. The Morgan fingerprint density at radius 2 is 1.71 bits per heavy atom. The highest BCUT2D eigenvalue weighted by molar-refractivity contribution is 7.89. The quantitative estimate of drug-likeness (QED) is 0.623. The maximum atomic E-state index is 12.7. The Morgan fingerprint density at radius 3 is 2.29 bits per heavy atom. The highest BCUT2D eigenvalue weighted by Gasteiger charge is 2.33. The minimum absolute atomic E-state index is 0.0159. The van der Waals surface area contributed by atoms with Crippen LogP contribution in [0.15, 0.2) is 65.7 Å². The molecule has 3 aromatic rings. The monoisotopic (exact) mass is 452 g/mol. The second-order valence-corrected chi connectivity index (χ2v) is 8.89. The lowest BCUT2D eigenvalue weighted by atomic mass is 10.1. The number of hydrogen-bond acceptors (Lipinski definition) is 4. The standard InChI is InChI=1S/C20H19F3N4O3S/c1-26(2)31(29,30)17-6-4-3-5-15(17)13-24-19(28)14-7-9-16(10-8-14)27-12-11-18(25-27)20(21,22)23/h3-12H,13H2,1-2H3,(H,24,28). The summed E-state index contributed by atoms with van der Waals surface area (Å²) < 4.78 is 65.1. The van der Waals surface area contributed by atoms with Gasteiger partial charge < -0.3 is 5.32 Å². The van der Waals surface area contributed by atoms with Crippen molar-refractivity contribution in [1.82, 2.24) is 19.4 Å². The molecule has 0 saturated heterocycles. The molecule has 0 aliphatic carbocycles. The van der Waals surface area contributed by atoms with Crippen LogP contribution in [0.5, 0.6) is 0 Å². The number of rotatable bonds is 6. The molecule has 7 nitrogen and oxygen atoms in total. The molecule has 0 atom stereocenters. The Kier molecular flexibility index (Phi) is 6.18. The topological polar surface area (TPSA) is 84.3 Å². The van der Waals surface area contributed by atoms with Crippen molar-refractivity contribution in [3.05, 3.63) is 77.6 Å². The number of carbonyl (C=O) groups excluding carboxylic acids is 1. The number of benzene rings is 2. The van der Waals surface area contributed by atoms with Crippen LogP contribution in [0.25, 0.3) is 5.69 Å². The molecule has 0 radical (unpaired) electrons. The van der Waals surface area contributed by atoms with E-state index in [1.54, 1.807) is 18.2 Å². The molecule has 0 aliphatic heterocycles. The van der Waals surface area contributed by atoms with Crippen LogP contribution in [0.1, 0.15) is 21.6 Å². The summed E-state index contributed by atoms with van der Waals surface area (Å²) in [6.45, 7) is -0.0159. The average molecular weight is 452 g/mol. The largest absolute Gasteiger partial charge is 0.435 e. The smallest absolute Gasteiger partial charge is 0.348 e. The van der Waals surface area contributed by atoms with Gasteiger partial charge in [-0.25, -0.2) is 17.4 Å². The fourth-order valence-corrected chi connectivity index (χ4v) is 3.88. The molecule has 0 bridgehead atoms. The molecule has 0 aliphatic rings. The minimum atomic E-state index is -4.54. The van der Waals surface area contributed by atoms with Gasteiger partial charge in [0.05, 0.1) is 10.6 Å². The second kappa shape index (κ2) is 8.52. The van der Waals surface area contributed by atoms with Gasteiger partial charge in [-0.05, 0) is 42.0 Å². The number of hydrogen-bond donors (Lipinski definition) is 1. The number of amides is 1. The normalized spacial score (nSPS) is 12.2. The second-order valence-electron chi connectivity index (χ2n) is 6.77. The van der Waals surface area contributed by atoms with Crippen molar-refractivity contribution in [1.29, 1.82) is 0 Å². The summed E-state index contributed by atoms with van der Waals surface area (Å²) >= 11 is 0. The first-order valence-corrected chi connectivity index (χ1v) is 10.5. The highest BCUT2D eigenvalue weighted by atomic mass is 32.2. The number of nitrogens with zero attached hydrogens (tertiary/aromatic N) is 3. The molecular weight excluding hydrogens is 433 g/mol. The van der Waals surface area contributed by atoms with Crippen molar-refractivity contribution in [2.45, 2.75) is 17.6 Å². The first-order chi connectivity index (χ1) is 14.5. The van der Waals surface area contributed by atoms with E-state index in [1.165, 1.54) is 50.6 Å². The zero-order valence-electron chi connectivity index (χ0n) is 16.6. The van der Waals surface area contributed by atoms with E-state index >= 15 is 0 Å². The van der Waals surface area contributed by atoms with E-state index in [-0.39, 0.29) is 17.0 Å². The van der Waals surface area contributed by atoms with Crippen molar-refractivity contribution in [2.75, 3.05) is 14.1 Å². The van der Waals surface area contributed by atoms with Crippen LogP contribution in [0, 0.1) is 0 Å². The number of halogens is 3. The van der Waals surface area contributed by atoms with Crippen LogP contribution in [0.3, 0.4) is 0 Å². The molecule has 3 rings (SSSR count). The van der Waals surface area contributed by atoms with E-state index in [9.17, 15) is 26.4 Å². The molecular formula is C20H19F3N4O3S. The van der Waals surface area contributed by atoms with E-state index in [0.717, 1.165) is 15.1 Å². The molecule has 1 amide bonds. The van der Waals surface area contributed by atoms with Crippen molar-refractivity contribution in [2.24, 2.45) is 0 Å². The molecule has 1 N–H and O–H groups in total. The lowest BCUT2D eigenvalue weighted by Gasteiger charge is -2.15. The number of alkyl halides is 3. The zero-order chi connectivity index (χ0) is 22.8. The molecule has 0 spiro atoms. The maximum absolute atomic E-state index is 12.7. The molecule has 0 fully saturated rings. The van der Waals surface area contributed by atoms with Crippen LogP contribution in [0.2, 0.25) is 0 Å². The van der Waals surface area contributed by atoms with Crippen LogP contribution in [-0.2, 0) is 22.7 Å². The van der Waals surface area contributed by atoms with Gasteiger partial charge in [-0.2, -0.15) is 18.3 Å². The van der Waals surface area contributed by atoms with Gasteiger partial charge in [-0.15, -0.1) is 0 Å². The molecule has 1 heterocycles. The third-order valence-electron chi connectivity index (χ3n) is 4.44. The van der Waals surface area contributed by atoms with Gasteiger partial charge in [-0.3, -0.25) is 4.79 Å². The summed E-state index contributed by atoms with van der Waals surface area (Å²) in [4.78, 5) is 12.5. The van der Waals surface area contributed by atoms with Crippen LogP contribution in [0.4, 0.5) is 13.2 Å². The Morgan fingerprint density at radius 1 is 1.06 bits per heavy atom. The number of sulfonamides is 1. The summed E-state index contributed by atoms with van der Waals surface area (Å²) in [5.74, 6) is -0.458. The van der Waals surface area contributed by atoms with E-state index in [1.807, 2.05) is 0 Å². The van der Waals surface area contributed by atoms with Gasteiger partial charge in [-0.1, -0.05) is 18.2 Å². The van der Waals surface area contributed by atoms with E-state index in [2.05, 4.69) is 10.4 Å². The predicted molar refractivity (Wildman–Crippen MR) is 107 cm³/mol. The fourth-order valence-electron chi connectivity index (χ4n) is 2.76. The molecule has 2 aromatic carbocycles. The molecule has 1 aromatic heterocycles. The van der Waals surface area contributed by atoms with E-state index in [4.69, 9.17) is 0 Å². The summed E-state index contributed by atoms with van der Waals surface area (Å²) in [6.07, 6.45) is -3.36. The highest BCUT2D eigenvalue weighted by Crippen LogP contribution is 2.28. The predicted octanol–water partition coefficient (Wildman–Crippen LogP) is 3.07. The third kappa shape index (κ3) is 4.94. The van der Waals surface area contributed by atoms with Gasteiger partial charge in [0.1, 0.15) is 0 Å². The summed E-state index contributed by atoms with van der Waals surface area (Å²) in [5.41, 5.74) is 0.0347. The number of nitrogens with one attached hydrogen (secondary N) is 1. The molecule has 31 heavy (non-hydrogen) atoms. The number of carbonyl (C=O) groups is 1. The lowest BCUT2D eigenvalue weighted by Crippen LogP contribution is -2.27. The van der Waals surface area contributed by atoms with E-state index < -0.39 is 27.8 Å². The zero-order valence-corrected chi connectivity index (χ0v) is 17.4. The van der Waals surface area contributed by atoms with Gasteiger partial charge in [0.25, 0.3) is 5.91 Å². The molecule has 0 unspecified atom stereocenters. The number of aromatic nitrogens is 2. The first kappa shape index (κ1) is 22.5. The third-order valence-corrected chi connectivity index (χ3v) is 6.36. The van der Waals surface area contributed by atoms with Gasteiger partial charge in [0.15, 0.2) is 5.69 Å². The van der Waals surface area contributed by atoms with Crippen molar-refractivity contribution >= 4 is 15.9 Å². The molecule has 11 heteroatoms. The SMILES string of the molecule is CN(C)S(=O)(=O)c1ccccc1CNC(=O)c1ccc(-n2ccc(C(F)(F)F)n2)cc1. The van der Waals surface area contributed by atoms with Gasteiger partial charge in [0.2, 0.25) is 10.0 Å². The van der Waals surface area contributed by atoms with Crippen molar-refractivity contribution in [3.8, 4) is 5.69 Å². The summed E-state index contributed by atoms with van der Waals surface area (Å²) in [7, 11) is -0.832. The van der Waals surface area contributed by atoms with Gasteiger partial charge in [0, 0.05) is 32.4 Å². The van der Waals surface area contributed by atoms with Crippen LogP contribution >= 0.6 is 0 Å². The fraction of sp³-hybridized carbons (Fsp3) is 0.200. The Labute approximate surface area is 177 Å². The molecule has 164 valence electrons. The maximum Gasteiger partial charge on any atom is 0.435 e. The lowest BCUT2D eigenvalue weighted by molar-refractivity contribution is -0.141. The van der Waals surface area contributed by atoms with E-state index in [0.29, 0.717) is 11.3 Å². The van der Waals surface area contributed by atoms with Crippen molar-refractivity contribution in [3.63, 3.8) is 0 Å².